The molecule has 0 aromatic heterocycles. The molecule has 6 heteroatoms. The molecule has 0 heterocycles. The van der Waals surface area contributed by atoms with Crippen LogP contribution in [0.5, 0.6) is 0 Å². The smallest absolute Gasteiger partial charge is 0.269 e. The molecule has 0 aliphatic heterocycles. The highest BCUT2D eigenvalue weighted by Crippen LogP contribution is 2.10. The van der Waals surface area contributed by atoms with Crippen molar-refractivity contribution in [3.63, 3.8) is 0 Å². The third-order valence-electron chi connectivity index (χ3n) is 2.77. The predicted molar refractivity (Wildman–Crippen MR) is 84.6 cm³/mol. The number of thioether (sulfide) groups is 1. The lowest BCUT2D eigenvalue weighted by Crippen LogP contribution is -2.42. The molecule has 0 spiro atoms. The number of rotatable bonds is 5. The van der Waals surface area contributed by atoms with Crippen LogP contribution >= 0.6 is 11.8 Å². The molecule has 0 saturated carbocycles. The minimum absolute atomic E-state index is 0.235. The van der Waals surface area contributed by atoms with Gasteiger partial charge in [-0.25, -0.2) is 4.39 Å². The van der Waals surface area contributed by atoms with E-state index in [9.17, 15) is 14.0 Å². The van der Waals surface area contributed by atoms with E-state index in [4.69, 9.17) is 0 Å². The summed E-state index contributed by atoms with van der Waals surface area (Å²) in [7, 11) is 0. The van der Waals surface area contributed by atoms with Crippen LogP contribution in [0.3, 0.4) is 0 Å². The van der Waals surface area contributed by atoms with Gasteiger partial charge in [0.05, 0.1) is 5.75 Å². The van der Waals surface area contributed by atoms with Gasteiger partial charge in [-0.1, -0.05) is 30.3 Å². The third-order valence-corrected chi connectivity index (χ3v) is 3.77. The Kier molecular flexibility index (Phi) is 5.97. The number of benzene rings is 2. The van der Waals surface area contributed by atoms with E-state index in [1.807, 2.05) is 30.3 Å². The molecule has 2 N–H and O–H groups in total. The van der Waals surface area contributed by atoms with Crippen molar-refractivity contribution >= 4 is 23.6 Å². The van der Waals surface area contributed by atoms with Crippen LogP contribution in [0, 0.1) is 5.82 Å². The van der Waals surface area contributed by atoms with Gasteiger partial charge in [-0.3, -0.25) is 20.4 Å². The van der Waals surface area contributed by atoms with Gasteiger partial charge in [-0.15, -0.1) is 11.8 Å². The maximum atomic E-state index is 12.7. The van der Waals surface area contributed by atoms with Crippen molar-refractivity contribution in [2.24, 2.45) is 0 Å². The SMILES string of the molecule is O=C(CSCc1ccccc1)NNC(=O)c1ccc(F)cc1. The molecule has 4 nitrogen and oxygen atoms in total. The molecule has 0 unspecified atom stereocenters. The number of hydrogen-bond acceptors (Lipinski definition) is 3. The minimum Gasteiger partial charge on any atom is -0.272 e. The van der Waals surface area contributed by atoms with E-state index < -0.39 is 11.7 Å². The van der Waals surface area contributed by atoms with Gasteiger partial charge in [-0.05, 0) is 29.8 Å². The summed E-state index contributed by atoms with van der Waals surface area (Å²) in [4.78, 5) is 23.3. The molecule has 2 amide bonds. The Balaban J connectivity index is 1.69. The van der Waals surface area contributed by atoms with Crippen molar-refractivity contribution in [2.45, 2.75) is 5.75 Å². The Labute approximate surface area is 132 Å². The highest BCUT2D eigenvalue weighted by molar-refractivity contribution is 7.99. The standard InChI is InChI=1S/C16H15FN2O2S/c17-14-8-6-13(7-9-14)16(21)19-18-15(20)11-22-10-12-4-2-1-3-5-12/h1-9H,10-11H2,(H,18,20)(H,19,21). The first-order valence-corrected chi connectivity index (χ1v) is 7.77. The molecule has 0 atom stereocenters. The second kappa shape index (κ2) is 8.19. The topological polar surface area (TPSA) is 58.2 Å². The van der Waals surface area contributed by atoms with Crippen LogP contribution in [-0.2, 0) is 10.5 Å². The van der Waals surface area contributed by atoms with Crippen LogP contribution in [0.2, 0.25) is 0 Å². The number of carbonyl (C=O) groups is 2. The maximum Gasteiger partial charge on any atom is 0.269 e. The molecule has 0 aliphatic carbocycles. The molecule has 2 rings (SSSR count). The van der Waals surface area contributed by atoms with Gasteiger partial charge < -0.3 is 0 Å². The molecule has 0 bridgehead atoms. The van der Waals surface area contributed by atoms with E-state index in [0.717, 1.165) is 11.3 Å². The fourth-order valence-electron chi connectivity index (χ4n) is 1.67. The summed E-state index contributed by atoms with van der Waals surface area (Å²) in [6, 6.07) is 14.9. The highest BCUT2D eigenvalue weighted by atomic mass is 32.2. The lowest BCUT2D eigenvalue weighted by Gasteiger charge is -2.07. The van der Waals surface area contributed by atoms with Gasteiger partial charge in [0.2, 0.25) is 5.91 Å². The van der Waals surface area contributed by atoms with Crippen molar-refractivity contribution in [1.82, 2.24) is 10.9 Å². The van der Waals surface area contributed by atoms with E-state index in [1.165, 1.54) is 36.0 Å². The number of amides is 2. The van der Waals surface area contributed by atoms with Gasteiger partial charge in [-0.2, -0.15) is 0 Å². The van der Waals surface area contributed by atoms with Crippen molar-refractivity contribution in [3.05, 3.63) is 71.5 Å². The van der Waals surface area contributed by atoms with Gasteiger partial charge in [0.15, 0.2) is 0 Å². The van der Waals surface area contributed by atoms with Crippen molar-refractivity contribution in [3.8, 4) is 0 Å². The predicted octanol–water partition coefficient (Wildman–Crippen LogP) is 2.52. The van der Waals surface area contributed by atoms with E-state index in [-0.39, 0.29) is 17.2 Å². The third kappa shape index (κ3) is 5.21. The normalized spacial score (nSPS) is 10.0. The fraction of sp³-hybridized carbons (Fsp3) is 0.125. The summed E-state index contributed by atoms with van der Waals surface area (Å²) in [5.41, 5.74) is 6.03. The first kappa shape index (κ1) is 16.0. The van der Waals surface area contributed by atoms with Crippen LogP contribution in [-0.4, -0.2) is 17.6 Å². The largest absolute Gasteiger partial charge is 0.272 e. The minimum atomic E-state index is -0.485. The molecule has 0 fully saturated rings. The summed E-state index contributed by atoms with van der Waals surface area (Å²) in [6.45, 7) is 0. The summed E-state index contributed by atoms with van der Waals surface area (Å²) >= 11 is 1.45. The zero-order valence-corrected chi connectivity index (χ0v) is 12.5. The van der Waals surface area contributed by atoms with Crippen LogP contribution < -0.4 is 10.9 Å². The monoisotopic (exact) mass is 318 g/mol. The zero-order valence-electron chi connectivity index (χ0n) is 11.7. The average Bonchev–Trinajstić information content (AvgIpc) is 2.54. The molecule has 22 heavy (non-hydrogen) atoms. The van der Waals surface area contributed by atoms with Gasteiger partial charge in [0, 0.05) is 11.3 Å². The van der Waals surface area contributed by atoms with Gasteiger partial charge in [0.1, 0.15) is 5.82 Å². The number of nitrogens with one attached hydrogen (secondary N) is 2. The highest BCUT2D eigenvalue weighted by Gasteiger charge is 2.07. The second-order valence-electron chi connectivity index (χ2n) is 4.49. The number of halogens is 1. The Morgan fingerprint density at radius 2 is 1.64 bits per heavy atom. The quantitative estimate of drug-likeness (QED) is 0.833. The number of carbonyl (C=O) groups excluding carboxylic acids is 2. The summed E-state index contributed by atoms with van der Waals surface area (Å²) in [6.07, 6.45) is 0. The van der Waals surface area contributed by atoms with Crippen LogP contribution in [0.4, 0.5) is 4.39 Å². The van der Waals surface area contributed by atoms with Crippen molar-refractivity contribution in [2.75, 3.05) is 5.75 Å². The Bertz CT molecular complexity index is 632. The fourth-order valence-corrected chi connectivity index (χ4v) is 2.46. The molecule has 2 aromatic carbocycles. The molecule has 0 aliphatic rings. The second-order valence-corrected chi connectivity index (χ2v) is 5.47. The molecule has 2 aromatic rings. The van der Waals surface area contributed by atoms with E-state index in [2.05, 4.69) is 10.9 Å². The summed E-state index contributed by atoms with van der Waals surface area (Å²) < 4.78 is 12.7. The van der Waals surface area contributed by atoms with Crippen LogP contribution in [0.1, 0.15) is 15.9 Å². The van der Waals surface area contributed by atoms with Gasteiger partial charge >= 0.3 is 0 Å². The van der Waals surface area contributed by atoms with Gasteiger partial charge in [0.25, 0.3) is 5.91 Å². The number of hydrazine groups is 1. The Morgan fingerprint density at radius 3 is 2.32 bits per heavy atom. The lowest BCUT2D eigenvalue weighted by atomic mass is 10.2. The van der Waals surface area contributed by atoms with E-state index >= 15 is 0 Å². The van der Waals surface area contributed by atoms with E-state index in [1.54, 1.807) is 0 Å². The molecular formula is C16H15FN2O2S. The van der Waals surface area contributed by atoms with Crippen molar-refractivity contribution in [1.29, 1.82) is 0 Å². The Morgan fingerprint density at radius 1 is 0.955 bits per heavy atom. The average molecular weight is 318 g/mol. The lowest BCUT2D eigenvalue weighted by molar-refractivity contribution is -0.119. The molecular weight excluding hydrogens is 303 g/mol. The first-order valence-electron chi connectivity index (χ1n) is 6.61. The zero-order chi connectivity index (χ0) is 15.8. The molecule has 0 radical (unpaired) electrons. The first-order chi connectivity index (χ1) is 10.6. The van der Waals surface area contributed by atoms with Crippen LogP contribution in [0.25, 0.3) is 0 Å². The molecule has 0 saturated heterocycles. The number of hydrogen-bond donors (Lipinski definition) is 2. The van der Waals surface area contributed by atoms with Crippen molar-refractivity contribution < 1.29 is 14.0 Å². The Hall–Kier alpha value is -2.34. The summed E-state index contributed by atoms with van der Waals surface area (Å²) in [5.74, 6) is -0.241. The maximum absolute atomic E-state index is 12.7. The van der Waals surface area contributed by atoms with E-state index in [0.29, 0.717) is 0 Å². The van der Waals surface area contributed by atoms with Crippen LogP contribution in [0.15, 0.2) is 54.6 Å². The molecule has 114 valence electrons. The summed E-state index contributed by atoms with van der Waals surface area (Å²) in [5, 5.41) is 0.